The van der Waals surface area contributed by atoms with E-state index in [4.69, 9.17) is 4.74 Å². The highest BCUT2D eigenvalue weighted by molar-refractivity contribution is 5.89. The normalized spacial score (nSPS) is 20.6. The first kappa shape index (κ1) is 10.7. The van der Waals surface area contributed by atoms with Gasteiger partial charge in [-0.3, -0.25) is 0 Å². The number of rotatable bonds is 1. The molecule has 0 aromatic rings. The maximum atomic E-state index is 10.5. The average molecular weight is 166 g/mol. The summed E-state index contributed by atoms with van der Waals surface area (Å²) in [5.74, 6) is -0.238. The van der Waals surface area contributed by atoms with Crippen molar-refractivity contribution in [1.82, 2.24) is 0 Å². The minimum Gasteiger partial charge on any atom is -0.459 e. The number of carbonyl (C=O) groups excluding carboxylic acids is 1. The minimum absolute atomic E-state index is 0.0509. The molecule has 1 aliphatic heterocycles. The molecule has 0 bridgehead atoms. The number of cyclic esters (lactones) is 1. The summed E-state index contributed by atoms with van der Waals surface area (Å²) in [7, 11) is 0. The van der Waals surface area contributed by atoms with Crippen LogP contribution in [-0.4, -0.2) is 12.1 Å². The third-order valence-electron chi connectivity index (χ3n) is 1.30. The molecule has 2 heteroatoms. The fraction of sp³-hybridized carbons (Fsp3) is 0.300. The smallest absolute Gasteiger partial charge is 0.333 e. The van der Waals surface area contributed by atoms with Crippen LogP contribution in [0.3, 0.4) is 0 Å². The van der Waals surface area contributed by atoms with Crippen LogP contribution < -0.4 is 0 Å². The van der Waals surface area contributed by atoms with Crippen LogP contribution in [0, 0.1) is 0 Å². The number of esters is 1. The zero-order valence-electron chi connectivity index (χ0n) is 7.38. The molecule has 1 aliphatic rings. The Labute approximate surface area is 73.2 Å². The quantitative estimate of drug-likeness (QED) is 0.339. The van der Waals surface area contributed by atoms with Crippen molar-refractivity contribution in [3.05, 3.63) is 37.5 Å². The van der Waals surface area contributed by atoms with E-state index >= 15 is 0 Å². The maximum absolute atomic E-state index is 10.5. The van der Waals surface area contributed by atoms with E-state index < -0.39 is 0 Å². The van der Waals surface area contributed by atoms with Crippen molar-refractivity contribution in [1.29, 1.82) is 0 Å². The largest absolute Gasteiger partial charge is 0.459 e. The molecule has 0 saturated carbocycles. The highest BCUT2D eigenvalue weighted by Gasteiger charge is 2.22. The van der Waals surface area contributed by atoms with Gasteiger partial charge in [-0.05, 0) is 6.92 Å². The van der Waals surface area contributed by atoms with Gasteiger partial charge in [-0.15, -0.1) is 0 Å². The SMILES string of the molecule is C=C1CC(C)OC1=O.C=CC=C. The minimum atomic E-state index is -0.238. The molecule has 0 radical (unpaired) electrons. The standard InChI is InChI=1S/C6H8O2.C4H6/c1-4-3-5(2)8-6(4)7;1-3-4-2/h5H,1,3H2,2H3;3-4H,1-2H2. The lowest BCUT2D eigenvalue weighted by atomic mass is 10.2. The zero-order chi connectivity index (χ0) is 9.56. The summed E-state index contributed by atoms with van der Waals surface area (Å²) in [6.07, 6.45) is 4.02. The van der Waals surface area contributed by atoms with Gasteiger partial charge in [0.15, 0.2) is 0 Å². The van der Waals surface area contributed by atoms with E-state index in [1.165, 1.54) is 0 Å². The Hall–Kier alpha value is -1.31. The molecule has 0 amide bonds. The van der Waals surface area contributed by atoms with Crippen LogP contribution in [0.4, 0.5) is 0 Å². The lowest BCUT2D eigenvalue weighted by Crippen LogP contribution is -1.99. The van der Waals surface area contributed by atoms with E-state index in [9.17, 15) is 4.79 Å². The van der Waals surface area contributed by atoms with Crippen LogP contribution in [0.1, 0.15) is 13.3 Å². The maximum Gasteiger partial charge on any atom is 0.333 e. The van der Waals surface area contributed by atoms with Gasteiger partial charge < -0.3 is 4.74 Å². The fourth-order valence-corrected chi connectivity index (χ4v) is 0.738. The van der Waals surface area contributed by atoms with Gasteiger partial charge in [0.1, 0.15) is 6.10 Å². The van der Waals surface area contributed by atoms with Crippen LogP contribution in [0.15, 0.2) is 37.5 Å². The molecular weight excluding hydrogens is 152 g/mol. The molecule has 0 aromatic heterocycles. The third-order valence-corrected chi connectivity index (χ3v) is 1.30. The number of allylic oxidation sites excluding steroid dienone is 2. The predicted molar refractivity (Wildman–Crippen MR) is 49.7 cm³/mol. The van der Waals surface area contributed by atoms with Crippen LogP contribution in [0.2, 0.25) is 0 Å². The number of hydrogen-bond acceptors (Lipinski definition) is 2. The van der Waals surface area contributed by atoms with Gasteiger partial charge in [0.2, 0.25) is 0 Å². The van der Waals surface area contributed by atoms with Crippen molar-refractivity contribution in [2.24, 2.45) is 0 Å². The predicted octanol–water partition coefficient (Wildman–Crippen LogP) is 2.24. The van der Waals surface area contributed by atoms with E-state index in [1.54, 1.807) is 12.2 Å². The fourth-order valence-electron chi connectivity index (χ4n) is 0.738. The molecule has 66 valence electrons. The Bertz CT molecular complexity index is 182. The summed E-state index contributed by atoms with van der Waals surface area (Å²) in [5, 5.41) is 0. The third kappa shape index (κ3) is 3.76. The lowest BCUT2D eigenvalue weighted by molar-refractivity contribution is -0.138. The van der Waals surface area contributed by atoms with Crippen LogP contribution >= 0.6 is 0 Å². The zero-order valence-corrected chi connectivity index (χ0v) is 7.38. The van der Waals surface area contributed by atoms with Crippen molar-refractivity contribution in [3.8, 4) is 0 Å². The van der Waals surface area contributed by atoms with Crippen molar-refractivity contribution in [3.63, 3.8) is 0 Å². The average Bonchev–Trinajstić information content (AvgIpc) is 2.30. The van der Waals surface area contributed by atoms with Crippen LogP contribution in [-0.2, 0) is 9.53 Å². The lowest BCUT2D eigenvalue weighted by Gasteiger charge is -1.94. The molecule has 1 saturated heterocycles. The van der Waals surface area contributed by atoms with Gasteiger partial charge in [-0.2, -0.15) is 0 Å². The highest BCUT2D eigenvalue weighted by atomic mass is 16.5. The van der Waals surface area contributed by atoms with E-state index in [-0.39, 0.29) is 12.1 Å². The van der Waals surface area contributed by atoms with E-state index in [1.807, 2.05) is 6.92 Å². The molecule has 0 aromatic carbocycles. The first-order valence-corrected chi connectivity index (χ1v) is 3.74. The molecule has 12 heavy (non-hydrogen) atoms. The highest BCUT2D eigenvalue weighted by Crippen LogP contribution is 2.16. The number of ether oxygens (including phenoxy) is 1. The topological polar surface area (TPSA) is 26.3 Å². The Morgan fingerprint density at radius 2 is 2.00 bits per heavy atom. The molecule has 1 unspecified atom stereocenters. The van der Waals surface area contributed by atoms with Gasteiger partial charge >= 0.3 is 5.97 Å². The monoisotopic (exact) mass is 166 g/mol. The molecule has 1 fully saturated rings. The first-order chi connectivity index (χ1) is 5.61. The van der Waals surface area contributed by atoms with Crippen molar-refractivity contribution in [2.75, 3.05) is 0 Å². The second-order valence-electron chi connectivity index (χ2n) is 2.50. The van der Waals surface area contributed by atoms with Crippen molar-refractivity contribution >= 4 is 5.97 Å². The summed E-state index contributed by atoms with van der Waals surface area (Å²) >= 11 is 0. The summed E-state index contributed by atoms with van der Waals surface area (Å²) in [5.41, 5.74) is 0.595. The molecule has 1 rings (SSSR count). The Balaban J connectivity index is 0.000000261. The summed E-state index contributed by atoms with van der Waals surface area (Å²) in [4.78, 5) is 10.5. The summed E-state index contributed by atoms with van der Waals surface area (Å²) < 4.78 is 4.73. The van der Waals surface area contributed by atoms with Crippen molar-refractivity contribution < 1.29 is 9.53 Å². The summed E-state index contributed by atoms with van der Waals surface area (Å²) in [6, 6.07) is 0. The molecular formula is C10H14O2. The number of hydrogen-bond donors (Lipinski definition) is 0. The van der Waals surface area contributed by atoms with E-state index in [0.29, 0.717) is 12.0 Å². The molecule has 1 heterocycles. The Morgan fingerprint density at radius 3 is 2.08 bits per heavy atom. The number of carbonyl (C=O) groups is 1. The van der Waals surface area contributed by atoms with E-state index in [2.05, 4.69) is 19.7 Å². The van der Waals surface area contributed by atoms with Gasteiger partial charge in [0.05, 0.1) is 0 Å². The second kappa shape index (κ2) is 5.35. The van der Waals surface area contributed by atoms with E-state index in [0.717, 1.165) is 0 Å². The Morgan fingerprint density at radius 1 is 1.50 bits per heavy atom. The van der Waals surface area contributed by atoms with Gasteiger partial charge in [0.25, 0.3) is 0 Å². The Kier molecular flexibility index (Phi) is 4.77. The van der Waals surface area contributed by atoms with Crippen LogP contribution in [0.5, 0.6) is 0 Å². The molecule has 0 aliphatic carbocycles. The first-order valence-electron chi connectivity index (χ1n) is 3.74. The van der Waals surface area contributed by atoms with Gasteiger partial charge in [-0.25, -0.2) is 4.79 Å². The molecule has 0 spiro atoms. The molecule has 2 nitrogen and oxygen atoms in total. The molecule has 1 atom stereocenters. The molecule has 0 N–H and O–H groups in total. The summed E-state index contributed by atoms with van der Waals surface area (Å²) in [6.45, 7) is 12.1. The van der Waals surface area contributed by atoms with Gasteiger partial charge in [0, 0.05) is 12.0 Å². The van der Waals surface area contributed by atoms with Crippen LogP contribution in [0.25, 0.3) is 0 Å². The second-order valence-corrected chi connectivity index (χ2v) is 2.50. The van der Waals surface area contributed by atoms with Crippen molar-refractivity contribution in [2.45, 2.75) is 19.4 Å². The van der Waals surface area contributed by atoms with Gasteiger partial charge in [-0.1, -0.05) is 31.9 Å².